The summed E-state index contributed by atoms with van der Waals surface area (Å²) < 4.78 is 0. The molecule has 0 bridgehead atoms. The molecule has 1 heterocycles. The highest BCUT2D eigenvalue weighted by molar-refractivity contribution is 6.06. The van der Waals surface area contributed by atoms with Crippen LogP contribution in [0.2, 0.25) is 0 Å². The number of hydrogen-bond acceptors (Lipinski definition) is 4. The number of anilines is 1. The van der Waals surface area contributed by atoms with E-state index in [1.165, 1.54) is 4.90 Å². The summed E-state index contributed by atoms with van der Waals surface area (Å²) in [5.74, 6) is -0.935. The minimum atomic E-state index is -0.618. The zero-order valence-corrected chi connectivity index (χ0v) is 18.0. The van der Waals surface area contributed by atoms with Gasteiger partial charge in [0.15, 0.2) is 0 Å². The number of amides is 3. The fraction of sp³-hybridized carbons (Fsp3) is 0.160. The Kier molecular flexibility index (Phi) is 5.18. The standard InChI is InChI=1S/C25H24N4O3/c1-14(23(27)30)12-29-13-21-18(25(29)32)8-6-15-4-5-16(10-19(15)21)17-7-9-22(26)20(11-17)24(31)28(2)3/h4-11H,1,12-13,26H2,2-3H3,(H2,27,30). The summed E-state index contributed by atoms with van der Waals surface area (Å²) in [6.45, 7) is 4.13. The SMILES string of the molecule is C=C(CN1Cc2c(ccc3ccc(-c4ccc(N)c(C(=O)N(C)C)c4)cc23)C1=O)C(N)=O. The summed E-state index contributed by atoms with van der Waals surface area (Å²) in [6.07, 6.45) is 0. The molecule has 3 aromatic rings. The molecule has 7 heteroatoms. The van der Waals surface area contributed by atoms with Gasteiger partial charge in [0.2, 0.25) is 5.91 Å². The van der Waals surface area contributed by atoms with Crippen molar-refractivity contribution in [2.75, 3.05) is 26.4 Å². The van der Waals surface area contributed by atoms with Crippen LogP contribution >= 0.6 is 0 Å². The van der Waals surface area contributed by atoms with Crippen LogP contribution in [0.4, 0.5) is 5.69 Å². The zero-order valence-electron chi connectivity index (χ0n) is 18.0. The summed E-state index contributed by atoms with van der Waals surface area (Å²) in [7, 11) is 3.37. The number of primary amides is 1. The van der Waals surface area contributed by atoms with E-state index in [-0.39, 0.29) is 23.9 Å². The van der Waals surface area contributed by atoms with E-state index < -0.39 is 5.91 Å². The minimum absolute atomic E-state index is 0.0952. The maximum Gasteiger partial charge on any atom is 0.255 e. The van der Waals surface area contributed by atoms with Gasteiger partial charge in [0.25, 0.3) is 11.8 Å². The van der Waals surface area contributed by atoms with Crippen LogP contribution in [0.3, 0.4) is 0 Å². The van der Waals surface area contributed by atoms with Crippen LogP contribution in [0.25, 0.3) is 21.9 Å². The van der Waals surface area contributed by atoms with E-state index >= 15 is 0 Å². The van der Waals surface area contributed by atoms with Crippen molar-refractivity contribution in [1.29, 1.82) is 0 Å². The summed E-state index contributed by atoms with van der Waals surface area (Å²) in [5.41, 5.74) is 15.6. The summed E-state index contributed by atoms with van der Waals surface area (Å²) in [6, 6.07) is 15.1. The summed E-state index contributed by atoms with van der Waals surface area (Å²) in [5, 5.41) is 1.94. The number of nitrogens with zero attached hydrogens (tertiary/aromatic N) is 2. The number of carbonyl (C=O) groups excluding carboxylic acids is 3. The molecular formula is C25H24N4O3. The predicted molar refractivity (Wildman–Crippen MR) is 125 cm³/mol. The van der Waals surface area contributed by atoms with Gasteiger partial charge in [0.1, 0.15) is 0 Å². The first kappa shape index (κ1) is 21.1. The first-order chi connectivity index (χ1) is 15.2. The molecule has 0 saturated heterocycles. The van der Waals surface area contributed by atoms with Crippen LogP contribution in [0.1, 0.15) is 26.3 Å². The first-order valence-corrected chi connectivity index (χ1v) is 10.1. The third-order valence-corrected chi connectivity index (χ3v) is 5.75. The lowest BCUT2D eigenvalue weighted by Gasteiger charge is -2.15. The molecule has 0 aliphatic carbocycles. The van der Waals surface area contributed by atoms with Crippen molar-refractivity contribution in [1.82, 2.24) is 9.80 Å². The Hall–Kier alpha value is -4.13. The van der Waals surface area contributed by atoms with E-state index in [2.05, 4.69) is 6.58 Å². The van der Waals surface area contributed by atoms with Crippen LogP contribution in [0.5, 0.6) is 0 Å². The highest BCUT2D eigenvalue weighted by atomic mass is 16.2. The van der Waals surface area contributed by atoms with E-state index in [0.717, 1.165) is 27.5 Å². The molecule has 1 aliphatic heterocycles. The second-order valence-electron chi connectivity index (χ2n) is 8.16. The molecule has 162 valence electrons. The molecule has 0 atom stereocenters. The average molecular weight is 428 g/mol. The van der Waals surface area contributed by atoms with Crippen LogP contribution in [0.15, 0.2) is 60.7 Å². The normalized spacial score (nSPS) is 12.7. The molecule has 4 rings (SSSR count). The second-order valence-corrected chi connectivity index (χ2v) is 8.16. The molecule has 1 aliphatic rings. The smallest absolute Gasteiger partial charge is 0.255 e. The largest absolute Gasteiger partial charge is 0.398 e. The topological polar surface area (TPSA) is 110 Å². The molecule has 3 aromatic carbocycles. The Labute approximate surface area is 185 Å². The Balaban J connectivity index is 1.77. The lowest BCUT2D eigenvalue weighted by Crippen LogP contribution is -2.30. The Morgan fingerprint density at radius 1 is 1.06 bits per heavy atom. The van der Waals surface area contributed by atoms with Crippen molar-refractivity contribution in [2.45, 2.75) is 6.54 Å². The van der Waals surface area contributed by atoms with E-state index in [1.807, 2.05) is 36.4 Å². The van der Waals surface area contributed by atoms with E-state index in [9.17, 15) is 14.4 Å². The molecule has 7 nitrogen and oxygen atoms in total. The molecule has 3 amide bonds. The maximum atomic E-state index is 12.9. The number of hydrogen-bond donors (Lipinski definition) is 2. The molecule has 4 N–H and O–H groups in total. The molecular weight excluding hydrogens is 404 g/mol. The maximum absolute atomic E-state index is 12.9. The molecule has 0 unspecified atom stereocenters. The summed E-state index contributed by atoms with van der Waals surface area (Å²) in [4.78, 5) is 39.8. The Morgan fingerprint density at radius 2 is 1.72 bits per heavy atom. The van der Waals surface area contributed by atoms with Gasteiger partial charge in [-0.15, -0.1) is 0 Å². The molecule has 0 radical (unpaired) electrons. The quantitative estimate of drug-likeness (QED) is 0.481. The van der Waals surface area contributed by atoms with Crippen molar-refractivity contribution >= 4 is 34.2 Å². The van der Waals surface area contributed by atoms with Crippen LogP contribution in [0, 0.1) is 0 Å². The lowest BCUT2D eigenvalue weighted by molar-refractivity contribution is -0.114. The molecule has 32 heavy (non-hydrogen) atoms. The van der Waals surface area contributed by atoms with Crippen molar-refractivity contribution in [3.8, 4) is 11.1 Å². The number of nitrogens with two attached hydrogens (primary N) is 2. The predicted octanol–water partition coefficient (Wildman–Crippen LogP) is 2.79. The number of carbonyl (C=O) groups is 3. The fourth-order valence-corrected chi connectivity index (χ4v) is 3.96. The van der Waals surface area contributed by atoms with E-state index in [0.29, 0.717) is 23.4 Å². The average Bonchev–Trinajstić information content (AvgIpc) is 3.08. The van der Waals surface area contributed by atoms with Crippen molar-refractivity contribution < 1.29 is 14.4 Å². The minimum Gasteiger partial charge on any atom is -0.398 e. The van der Waals surface area contributed by atoms with Gasteiger partial charge in [-0.3, -0.25) is 14.4 Å². The van der Waals surface area contributed by atoms with Gasteiger partial charge < -0.3 is 21.3 Å². The third-order valence-electron chi connectivity index (χ3n) is 5.75. The van der Waals surface area contributed by atoms with Gasteiger partial charge in [-0.25, -0.2) is 0 Å². The van der Waals surface area contributed by atoms with Crippen molar-refractivity contribution in [3.05, 3.63) is 77.4 Å². The van der Waals surface area contributed by atoms with Gasteiger partial charge in [0, 0.05) is 37.5 Å². The lowest BCUT2D eigenvalue weighted by atomic mass is 9.95. The number of nitrogen functional groups attached to an aromatic ring is 1. The molecule has 0 spiro atoms. The number of rotatable bonds is 5. The van der Waals surface area contributed by atoms with Crippen LogP contribution in [-0.4, -0.2) is 48.2 Å². The zero-order chi connectivity index (χ0) is 23.2. The Morgan fingerprint density at radius 3 is 2.41 bits per heavy atom. The number of benzene rings is 3. The van der Waals surface area contributed by atoms with Gasteiger partial charge >= 0.3 is 0 Å². The first-order valence-electron chi connectivity index (χ1n) is 10.1. The molecule has 0 fully saturated rings. The van der Waals surface area contributed by atoms with E-state index in [1.54, 1.807) is 31.1 Å². The van der Waals surface area contributed by atoms with Gasteiger partial charge in [0.05, 0.1) is 12.1 Å². The third kappa shape index (κ3) is 3.58. The second kappa shape index (κ2) is 7.85. The Bertz CT molecular complexity index is 1310. The summed E-state index contributed by atoms with van der Waals surface area (Å²) >= 11 is 0. The van der Waals surface area contributed by atoms with E-state index in [4.69, 9.17) is 11.5 Å². The van der Waals surface area contributed by atoms with Crippen LogP contribution < -0.4 is 11.5 Å². The van der Waals surface area contributed by atoms with Crippen molar-refractivity contribution in [3.63, 3.8) is 0 Å². The van der Waals surface area contributed by atoms with Crippen LogP contribution in [-0.2, 0) is 11.3 Å². The highest BCUT2D eigenvalue weighted by Gasteiger charge is 2.29. The molecule has 0 saturated carbocycles. The fourth-order valence-electron chi connectivity index (χ4n) is 3.96. The number of fused-ring (bicyclic) bond motifs is 3. The van der Waals surface area contributed by atoms with Gasteiger partial charge in [-0.1, -0.05) is 30.8 Å². The van der Waals surface area contributed by atoms with Gasteiger partial charge in [-0.05, 0) is 51.7 Å². The monoisotopic (exact) mass is 428 g/mol. The van der Waals surface area contributed by atoms with Crippen molar-refractivity contribution in [2.24, 2.45) is 5.73 Å². The van der Waals surface area contributed by atoms with Gasteiger partial charge in [-0.2, -0.15) is 0 Å². The molecule has 0 aromatic heterocycles. The highest BCUT2D eigenvalue weighted by Crippen LogP contribution is 2.34.